The topological polar surface area (TPSA) is 83.1 Å². The van der Waals surface area contributed by atoms with Gasteiger partial charge in [-0.15, -0.1) is 0 Å². The van der Waals surface area contributed by atoms with Crippen LogP contribution in [0.4, 0.5) is 0 Å². The number of amides is 1. The number of carbonyl (C=O) groups excluding carboxylic acids is 1. The van der Waals surface area contributed by atoms with E-state index in [0.717, 1.165) is 28.8 Å². The van der Waals surface area contributed by atoms with Gasteiger partial charge in [0.25, 0.3) is 5.91 Å². The normalized spacial score (nSPS) is 11.1. The fraction of sp³-hybridized carbons (Fsp3) is 0.240. The molecule has 164 valence electrons. The zero-order valence-corrected chi connectivity index (χ0v) is 18.3. The summed E-state index contributed by atoms with van der Waals surface area (Å²) in [5.74, 6) is 0.553. The first-order valence-electron chi connectivity index (χ1n) is 10.6. The molecule has 1 amide bonds. The lowest BCUT2D eigenvalue weighted by molar-refractivity contribution is -0.123. The summed E-state index contributed by atoms with van der Waals surface area (Å²) in [4.78, 5) is 26.2. The van der Waals surface area contributed by atoms with Crippen LogP contribution in [0, 0.1) is 0 Å². The standard InChI is InChI=1S/C25H27N5O2/c1-30(2)16-20-13-18(23-15-26-11-12-27-23)7-8-24(20)32-17-25(31)28-10-9-19-14-29-22-6-4-3-5-21(19)22/h3-8,11-15,29H,9-10,16-17H2,1-2H3,(H,28,31). The third-order valence-electron chi connectivity index (χ3n) is 5.16. The molecule has 0 atom stereocenters. The molecule has 0 saturated carbocycles. The van der Waals surface area contributed by atoms with Crippen molar-refractivity contribution < 1.29 is 9.53 Å². The van der Waals surface area contributed by atoms with Gasteiger partial charge in [0.15, 0.2) is 6.61 Å². The van der Waals surface area contributed by atoms with Crippen molar-refractivity contribution in [1.29, 1.82) is 0 Å². The van der Waals surface area contributed by atoms with Gasteiger partial charge in [-0.2, -0.15) is 0 Å². The number of hydrogen-bond acceptors (Lipinski definition) is 5. The summed E-state index contributed by atoms with van der Waals surface area (Å²) in [6, 6.07) is 14.0. The fourth-order valence-electron chi connectivity index (χ4n) is 3.66. The van der Waals surface area contributed by atoms with E-state index in [1.807, 2.05) is 56.7 Å². The molecule has 32 heavy (non-hydrogen) atoms. The van der Waals surface area contributed by atoms with Crippen LogP contribution in [-0.4, -0.2) is 53.0 Å². The van der Waals surface area contributed by atoms with Crippen LogP contribution in [0.15, 0.2) is 67.3 Å². The highest BCUT2D eigenvalue weighted by molar-refractivity contribution is 5.83. The van der Waals surface area contributed by atoms with E-state index in [4.69, 9.17) is 4.74 Å². The van der Waals surface area contributed by atoms with Gasteiger partial charge in [-0.25, -0.2) is 0 Å². The number of para-hydroxylation sites is 1. The molecule has 0 unspecified atom stereocenters. The van der Waals surface area contributed by atoms with E-state index in [-0.39, 0.29) is 12.5 Å². The lowest BCUT2D eigenvalue weighted by atomic mass is 10.1. The molecular formula is C25H27N5O2. The molecule has 2 heterocycles. The molecule has 0 spiro atoms. The van der Waals surface area contributed by atoms with Crippen molar-refractivity contribution in [2.75, 3.05) is 27.2 Å². The van der Waals surface area contributed by atoms with Gasteiger partial charge in [-0.1, -0.05) is 18.2 Å². The average molecular weight is 430 g/mol. The van der Waals surface area contributed by atoms with E-state index in [1.165, 1.54) is 10.9 Å². The number of H-pyrrole nitrogens is 1. The highest BCUT2D eigenvalue weighted by Gasteiger charge is 2.11. The van der Waals surface area contributed by atoms with Crippen LogP contribution in [0.2, 0.25) is 0 Å². The zero-order valence-electron chi connectivity index (χ0n) is 18.3. The Morgan fingerprint density at radius 3 is 2.81 bits per heavy atom. The predicted molar refractivity (Wildman–Crippen MR) is 125 cm³/mol. The van der Waals surface area contributed by atoms with Crippen LogP contribution in [0.25, 0.3) is 22.2 Å². The molecule has 0 aliphatic rings. The quantitative estimate of drug-likeness (QED) is 0.426. The highest BCUT2D eigenvalue weighted by atomic mass is 16.5. The number of nitrogens with zero attached hydrogens (tertiary/aromatic N) is 3. The van der Waals surface area contributed by atoms with Gasteiger partial charge in [0.1, 0.15) is 5.75 Å². The van der Waals surface area contributed by atoms with E-state index in [0.29, 0.717) is 18.8 Å². The van der Waals surface area contributed by atoms with E-state index in [9.17, 15) is 4.79 Å². The Kier molecular flexibility index (Phi) is 6.77. The minimum absolute atomic E-state index is 0.0290. The first-order valence-corrected chi connectivity index (χ1v) is 10.6. The average Bonchev–Trinajstić information content (AvgIpc) is 3.21. The van der Waals surface area contributed by atoms with Crippen LogP contribution in [0.5, 0.6) is 5.75 Å². The van der Waals surface area contributed by atoms with Gasteiger partial charge in [0.05, 0.1) is 11.9 Å². The van der Waals surface area contributed by atoms with E-state index >= 15 is 0 Å². The molecule has 0 aliphatic heterocycles. The van der Waals surface area contributed by atoms with Gasteiger partial charge < -0.3 is 19.9 Å². The Hall–Kier alpha value is -3.71. The van der Waals surface area contributed by atoms with Crippen LogP contribution in [0.3, 0.4) is 0 Å². The fourth-order valence-corrected chi connectivity index (χ4v) is 3.66. The minimum Gasteiger partial charge on any atom is -0.483 e. The summed E-state index contributed by atoms with van der Waals surface area (Å²) in [7, 11) is 3.99. The molecular weight excluding hydrogens is 402 g/mol. The molecule has 7 nitrogen and oxygen atoms in total. The van der Waals surface area contributed by atoms with E-state index in [1.54, 1.807) is 18.6 Å². The molecule has 0 fully saturated rings. The van der Waals surface area contributed by atoms with E-state index < -0.39 is 0 Å². The van der Waals surface area contributed by atoms with Gasteiger partial charge in [0, 0.05) is 53.7 Å². The van der Waals surface area contributed by atoms with Crippen molar-refractivity contribution in [3.05, 3.63) is 78.4 Å². The van der Waals surface area contributed by atoms with Crippen molar-refractivity contribution in [3.8, 4) is 17.0 Å². The first kappa shape index (κ1) is 21.5. The predicted octanol–water partition coefficient (Wildman–Crippen LogP) is 3.42. The Labute approximate surface area is 187 Å². The zero-order chi connectivity index (χ0) is 22.3. The first-order chi connectivity index (χ1) is 15.6. The lowest BCUT2D eigenvalue weighted by Gasteiger charge is -2.16. The van der Waals surface area contributed by atoms with Gasteiger partial charge in [-0.3, -0.25) is 14.8 Å². The van der Waals surface area contributed by atoms with E-state index in [2.05, 4.69) is 31.2 Å². The molecule has 4 aromatic rings. The lowest BCUT2D eigenvalue weighted by Crippen LogP contribution is -2.30. The maximum absolute atomic E-state index is 12.4. The highest BCUT2D eigenvalue weighted by Crippen LogP contribution is 2.26. The monoisotopic (exact) mass is 429 g/mol. The summed E-state index contributed by atoms with van der Waals surface area (Å²) in [6.07, 6.45) is 7.81. The number of nitrogens with one attached hydrogen (secondary N) is 2. The number of aromatic amines is 1. The summed E-state index contributed by atoms with van der Waals surface area (Å²) in [5, 5.41) is 4.14. The molecule has 0 saturated heterocycles. The second-order valence-electron chi connectivity index (χ2n) is 7.90. The number of aromatic nitrogens is 3. The van der Waals surface area contributed by atoms with Gasteiger partial charge >= 0.3 is 0 Å². The number of ether oxygens (including phenoxy) is 1. The maximum atomic E-state index is 12.4. The Morgan fingerprint density at radius 1 is 1.12 bits per heavy atom. The van der Waals surface area contributed by atoms with Crippen molar-refractivity contribution in [2.45, 2.75) is 13.0 Å². The smallest absolute Gasteiger partial charge is 0.257 e. The van der Waals surface area contributed by atoms with Crippen LogP contribution < -0.4 is 10.1 Å². The molecule has 2 N–H and O–H groups in total. The molecule has 0 bridgehead atoms. The summed E-state index contributed by atoms with van der Waals surface area (Å²) in [5.41, 5.74) is 5.05. The SMILES string of the molecule is CN(C)Cc1cc(-c2cnccn2)ccc1OCC(=O)NCCc1c[nH]c2ccccc12. The third kappa shape index (κ3) is 5.31. The summed E-state index contributed by atoms with van der Waals surface area (Å²) in [6.45, 7) is 1.21. The van der Waals surface area contributed by atoms with Crippen LogP contribution >= 0.6 is 0 Å². The summed E-state index contributed by atoms with van der Waals surface area (Å²) >= 11 is 0. The number of carbonyl (C=O) groups is 1. The van der Waals surface area contributed by atoms with Crippen molar-refractivity contribution in [2.24, 2.45) is 0 Å². The van der Waals surface area contributed by atoms with Crippen LogP contribution in [-0.2, 0) is 17.8 Å². The second kappa shape index (κ2) is 10.1. The van der Waals surface area contributed by atoms with Crippen molar-refractivity contribution in [1.82, 2.24) is 25.2 Å². The Morgan fingerprint density at radius 2 is 2.00 bits per heavy atom. The van der Waals surface area contributed by atoms with Crippen molar-refractivity contribution >= 4 is 16.8 Å². The number of hydrogen-bond donors (Lipinski definition) is 2. The number of benzene rings is 2. The Balaban J connectivity index is 1.35. The molecule has 2 aromatic heterocycles. The second-order valence-corrected chi connectivity index (χ2v) is 7.90. The number of fused-ring (bicyclic) bond motifs is 1. The third-order valence-corrected chi connectivity index (χ3v) is 5.16. The molecule has 0 aliphatic carbocycles. The van der Waals surface area contributed by atoms with Crippen LogP contribution in [0.1, 0.15) is 11.1 Å². The number of rotatable bonds is 9. The molecule has 2 aromatic carbocycles. The van der Waals surface area contributed by atoms with Gasteiger partial charge in [0.2, 0.25) is 0 Å². The Bertz CT molecular complexity index is 1190. The summed E-state index contributed by atoms with van der Waals surface area (Å²) < 4.78 is 5.87. The maximum Gasteiger partial charge on any atom is 0.257 e. The molecule has 0 radical (unpaired) electrons. The molecule has 7 heteroatoms. The van der Waals surface area contributed by atoms with Gasteiger partial charge in [-0.05, 0) is 50.3 Å². The molecule has 4 rings (SSSR count). The largest absolute Gasteiger partial charge is 0.483 e. The van der Waals surface area contributed by atoms with Crippen molar-refractivity contribution in [3.63, 3.8) is 0 Å². The minimum atomic E-state index is -0.140.